The highest BCUT2D eigenvalue weighted by atomic mass is 35.5. The van der Waals surface area contributed by atoms with Gasteiger partial charge >= 0.3 is 6.09 Å². The Kier molecular flexibility index (Phi) is 3.35. The van der Waals surface area contributed by atoms with Crippen molar-refractivity contribution >= 4 is 51.2 Å². The second kappa shape index (κ2) is 5.05. The first-order valence-electron chi connectivity index (χ1n) is 5.85. The van der Waals surface area contributed by atoms with Crippen molar-refractivity contribution in [2.45, 2.75) is 0 Å². The lowest BCUT2D eigenvalue weighted by Gasteiger charge is -2.05. The minimum absolute atomic E-state index is 0.0366. The molecular weight excluding hydrogens is 320 g/mol. The number of carbonyl (C=O) groups excluding carboxylic acids is 1. The van der Waals surface area contributed by atoms with Crippen LogP contribution in [0, 0.1) is 5.82 Å². The first-order valence-corrected chi connectivity index (χ1v) is 6.61. The van der Waals surface area contributed by atoms with E-state index in [-0.39, 0.29) is 15.8 Å². The van der Waals surface area contributed by atoms with Gasteiger partial charge in [-0.3, -0.25) is 0 Å². The van der Waals surface area contributed by atoms with Crippen molar-refractivity contribution in [2.75, 3.05) is 7.05 Å². The number of nitrogens with zero attached hydrogens (tertiary/aromatic N) is 1. The molecule has 0 aliphatic heterocycles. The Balaban J connectivity index is 2.36. The highest BCUT2D eigenvalue weighted by Gasteiger charge is 2.17. The minimum atomic E-state index is -0.711. The van der Waals surface area contributed by atoms with Crippen LogP contribution in [0.2, 0.25) is 10.0 Å². The number of pyridine rings is 1. The molecule has 3 rings (SSSR count). The summed E-state index contributed by atoms with van der Waals surface area (Å²) in [5, 5.41) is 3.71. The fourth-order valence-corrected chi connectivity index (χ4v) is 2.45. The number of nitrogens with one attached hydrogen (secondary N) is 2. The predicted octanol–water partition coefficient (Wildman–Crippen LogP) is 3.88. The summed E-state index contributed by atoms with van der Waals surface area (Å²) in [5.74, 6) is -0.534. The Morgan fingerprint density at radius 2 is 2.19 bits per heavy atom. The molecule has 8 heteroatoms. The van der Waals surface area contributed by atoms with E-state index in [2.05, 4.69) is 15.3 Å². The van der Waals surface area contributed by atoms with Crippen LogP contribution in [0.5, 0.6) is 5.75 Å². The van der Waals surface area contributed by atoms with Gasteiger partial charge in [0.05, 0.1) is 15.6 Å². The zero-order chi connectivity index (χ0) is 15.1. The van der Waals surface area contributed by atoms with E-state index in [1.165, 1.54) is 19.3 Å². The van der Waals surface area contributed by atoms with E-state index in [4.69, 9.17) is 27.9 Å². The van der Waals surface area contributed by atoms with Crippen molar-refractivity contribution < 1.29 is 13.9 Å². The second-order valence-corrected chi connectivity index (χ2v) is 5.02. The number of fused-ring (bicyclic) bond motifs is 3. The second-order valence-electron chi connectivity index (χ2n) is 4.23. The molecule has 0 unspecified atom stereocenters. The molecule has 0 fully saturated rings. The molecule has 0 spiro atoms. The molecule has 0 radical (unpaired) electrons. The van der Waals surface area contributed by atoms with Gasteiger partial charge in [-0.25, -0.2) is 14.2 Å². The normalized spacial score (nSPS) is 11.0. The summed E-state index contributed by atoms with van der Waals surface area (Å²) in [6, 6.07) is 2.37. The number of ether oxygens (including phenoxy) is 1. The Labute approximate surface area is 128 Å². The highest BCUT2D eigenvalue weighted by Crippen LogP contribution is 2.38. The molecule has 0 atom stereocenters. The number of H-pyrrole nitrogens is 1. The van der Waals surface area contributed by atoms with Crippen LogP contribution in [0.3, 0.4) is 0 Å². The summed E-state index contributed by atoms with van der Waals surface area (Å²) in [6.45, 7) is 0. The monoisotopic (exact) mass is 327 g/mol. The van der Waals surface area contributed by atoms with Crippen LogP contribution in [-0.2, 0) is 0 Å². The first kappa shape index (κ1) is 13.9. The Hall–Kier alpha value is -2.05. The highest BCUT2D eigenvalue weighted by molar-refractivity contribution is 6.46. The van der Waals surface area contributed by atoms with E-state index in [1.54, 1.807) is 0 Å². The number of amides is 1. The van der Waals surface area contributed by atoms with Gasteiger partial charge in [-0.05, 0) is 6.07 Å². The molecule has 0 aliphatic carbocycles. The summed E-state index contributed by atoms with van der Waals surface area (Å²) >= 11 is 12.1. The molecular formula is C13H8Cl2FN3O2. The maximum Gasteiger partial charge on any atom is 0.412 e. The van der Waals surface area contributed by atoms with Gasteiger partial charge < -0.3 is 15.0 Å². The molecule has 0 saturated carbocycles. The average Bonchev–Trinajstić information content (AvgIpc) is 2.82. The summed E-state index contributed by atoms with van der Waals surface area (Å²) < 4.78 is 18.8. The van der Waals surface area contributed by atoms with Crippen LogP contribution in [0.1, 0.15) is 0 Å². The minimum Gasteiger partial charge on any atom is -0.408 e. The molecule has 2 N–H and O–H groups in total. The lowest BCUT2D eigenvalue weighted by molar-refractivity contribution is 0.203. The number of benzene rings is 1. The van der Waals surface area contributed by atoms with Gasteiger partial charge in [0.1, 0.15) is 11.5 Å². The number of rotatable bonds is 1. The van der Waals surface area contributed by atoms with E-state index < -0.39 is 11.9 Å². The third kappa shape index (κ3) is 2.26. The molecule has 108 valence electrons. The van der Waals surface area contributed by atoms with Crippen molar-refractivity contribution in [1.29, 1.82) is 0 Å². The zero-order valence-corrected chi connectivity index (χ0v) is 12.1. The van der Waals surface area contributed by atoms with E-state index >= 15 is 0 Å². The molecule has 3 aromatic rings. The lowest BCUT2D eigenvalue weighted by Crippen LogP contribution is -2.22. The van der Waals surface area contributed by atoms with E-state index in [1.807, 2.05) is 0 Å². The molecule has 0 aliphatic rings. The van der Waals surface area contributed by atoms with Crippen LogP contribution in [0.15, 0.2) is 18.3 Å². The summed E-state index contributed by atoms with van der Waals surface area (Å²) in [4.78, 5) is 18.4. The predicted molar refractivity (Wildman–Crippen MR) is 78.7 cm³/mol. The quantitative estimate of drug-likeness (QED) is 0.712. The van der Waals surface area contributed by atoms with Crippen LogP contribution in [0.25, 0.3) is 21.9 Å². The van der Waals surface area contributed by atoms with E-state index in [9.17, 15) is 9.18 Å². The van der Waals surface area contributed by atoms with Gasteiger partial charge in [0.25, 0.3) is 0 Å². The van der Waals surface area contributed by atoms with Gasteiger partial charge in [0.2, 0.25) is 0 Å². The van der Waals surface area contributed by atoms with Gasteiger partial charge in [-0.15, -0.1) is 0 Å². The van der Waals surface area contributed by atoms with Crippen LogP contribution in [-0.4, -0.2) is 23.1 Å². The van der Waals surface area contributed by atoms with Crippen LogP contribution in [0.4, 0.5) is 9.18 Å². The van der Waals surface area contributed by atoms with Crippen molar-refractivity contribution in [1.82, 2.24) is 15.3 Å². The number of carbonyl (C=O) groups is 1. The van der Waals surface area contributed by atoms with Gasteiger partial charge in [0.15, 0.2) is 5.75 Å². The van der Waals surface area contributed by atoms with Crippen molar-refractivity contribution in [3.05, 3.63) is 34.2 Å². The molecule has 0 bridgehead atoms. The fourth-order valence-electron chi connectivity index (χ4n) is 2.06. The van der Waals surface area contributed by atoms with E-state index in [0.717, 1.165) is 6.07 Å². The third-order valence-electron chi connectivity index (χ3n) is 2.96. The Morgan fingerprint density at radius 3 is 2.90 bits per heavy atom. The Morgan fingerprint density at radius 1 is 1.43 bits per heavy atom. The van der Waals surface area contributed by atoms with Crippen LogP contribution < -0.4 is 10.1 Å². The molecule has 2 heterocycles. The molecule has 1 amide bonds. The number of aromatic amines is 1. The topological polar surface area (TPSA) is 67.0 Å². The number of hydrogen-bond donors (Lipinski definition) is 2. The van der Waals surface area contributed by atoms with Crippen LogP contribution >= 0.6 is 23.2 Å². The van der Waals surface area contributed by atoms with Crippen molar-refractivity contribution in [3.8, 4) is 5.75 Å². The average molecular weight is 328 g/mol. The van der Waals surface area contributed by atoms with Crippen molar-refractivity contribution in [3.63, 3.8) is 0 Å². The first-order chi connectivity index (χ1) is 10.0. The van der Waals surface area contributed by atoms with Crippen molar-refractivity contribution in [2.24, 2.45) is 0 Å². The lowest BCUT2D eigenvalue weighted by atomic mass is 10.2. The SMILES string of the molecule is CNC(=O)Oc1cc(F)cc2c1[nH]c1ncc(Cl)c(Cl)c12. The molecule has 1 aromatic carbocycles. The largest absolute Gasteiger partial charge is 0.412 e. The van der Waals surface area contributed by atoms with Gasteiger partial charge in [-0.2, -0.15) is 0 Å². The summed E-state index contributed by atoms with van der Waals surface area (Å²) in [7, 11) is 1.40. The fraction of sp³-hybridized carbons (Fsp3) is 0.0769. The van der Waals surface area contributed by atoms with Gasteiger partial charge in [-0.1, -0.05) is 23.2 Å². The number of hydrogen-bond acceptors (Lipinski definition) is 3. The molecule has 21 heavy (non-hydrogen) atoms. The molecule has 0 saturated heterocycles. The van der Waals surface area contributed by atoms with E-state index in [0.29, 0.717) is 21.9 Å². The number of aromatic nitrogens is 2. The maximum absolute atomic E-state index is 13.8. The zero-order valence-electron chi connectivity index (χ0n) is 10.6. The van der Waals surface area contributed by atoms with Gasteiger partial charge in [0, 0.05) is 30.1 Å². The standard InChI is InChI=1S/C13H8Cl2FN3O2/c1-17-13(20)21-8-3-5(16)2-6-9-10(15)7(14)4-18-12(9)19-11(6)8/h2-4H,1H3,(H,17,20)(H,18,19). The molecule has 2 aromatic heterocycles. The third-order valence-corrected chi connectivity index (χ3v) is 3.74. The Bertz CT molecular complexity index is 879. The smallest absolute Gasteiger partial charge is 0.408 e. The maximum atomic E-state index is 13.8. The summed E-state index contributed by atoms with van der Waals surface area (Å²) in [5.41, 5.74) is 0.832. The molecule has 5 nitrogen and oxygen atoms in total. The summed E-state index contributed by atoms with van der Waals surface area (Å²) in [6.07, 6.45) is 0.676. The number of halogens is 3.